The van der Waals surface area contributed by atoms with Gasteiger partial charge in [-0.1, -0.05) is 0 Å². The fraction of sp³-hybridized carbons (Fsp3) is 0.462. The molecular weight excluding hydrogens is 239 g/mol. The van der Waals surface area contributed by atoms with E-state index in [-0.39, 0.29) is 13.2 Å². The van der Waals surface area contributed by atoms with Gasteiger partial charge in [-0.25, -0.2) is 4.39 Å². The lowest BCUT2D eigenvalue weighted by atomic mass is 9.88. The molecule has 0 saturated heterocycles. The number of hydrogen-bond donors (Lipinski definition) is 1. The van der Waals surface area contributed by atoms with Crippen LogP contribution in [0.15, 0.2) is 12.1 Å². The summed E-state index contributed by atoms with van der Waals surface area (Å²) in [6.45, 7) is -0.482. The van der Waals surface area contributed by atoms with Crippen molar-refractivity contribution < 1.29 is 23.8 Å². The lowest BCUT2D eigenvalue weighted by Crippen LogP contribution is -2.15. The summed E-state index contributed by atoms with van der Waals surface area (Å²) in [6, 6.07) is 3.37. The summed E-state index contributed by atoms with van der Waals surface area (Å²) in [7, 11) is 0. The average Bonchev–Trinajstić information content (AvgIpc) is 2.96. The smallest absolute Gasteiger partial charge is 0.304 e. The zero-order chi connectivity index (χ0) is 12.8. The summed E-state index contributed by atoms with van der Waals surface area (Å²) in [6.07, 6.45) is 1.61. The molecule has 18 heavy (non-hydrogen) atoms. The molecule has 3 rings (SSSR count). The van der Waals surface area contributed by atoms with Gasteiger partial charge in [0.2, 0.25) is 6.79 Å². The summed E-state index contributed by atoms with van der Waals surface area (Å²) in [5, 5.41) is 8.96. The molecule has 1 aliphatic heterocycles. The standard InChI is InChI=1S/C13H13FO4/c14-6-8-3-10-11(18-7-17-10)4-9(8)13(1-2-13)5-12(15)16/h3-4H,1-2,5-7H2,(H,15,16). The van der Waals surface area contributed by atoms with E-state index in [1.54, 1.807) is 12.1 Å². The average molecular weight is 252 g/mol. The highest BCUT2D eigenvalue weighted by atomic mass is 19.1. The quantitative estimate of drug-likeness (QED) is 0.893. The fourth-order valence-electron chi connectivity index (χ4n) is 2.57. The molecule has 1 aromatic rings. The van der Waals surface area contributed by atoms with Gasteiger partial charge in [-0.05, 0) is 36.1 Å². The molecule has 0 aromatic heterocycles. The lowest BCUT2D eigenvalue weighted by Gasteiger charge is -2.17. The van der Waals surface area contributed by atoms with Gasteiger partial charge in [0.1, 0.15) is 6.67 Å². The van der Waals surface area contributed by atoms with Crippen molar-refractivity contribution in [3.05, 3.63) is 23.3 Å². The Morgan fingerprint density at radius 3 is 2.56 bits per heavy atom. The van der Waals surface area contributed by atoms with E-state index in [2.05, 4.69) is 0 Å². The predicted molar refractivity (Wildman–Crippen MR) is 60.5 cm³/mol. The molecule has 0 atom stereocenters. The highest BCUT2D eigenvalue weighted by molar-refractivity contribution is 5.70. The van der Waals surface area contributed by atoms with Gasteiger partial charge in [-0.2, -0.15) is 0 Å². The van der Waals surface area contributed by atoms with Crippen LogP contribution in [0.3, 0.4) is 0 Å². The maximum absolute atomic E-state index is 13.1. The topological polar surface area (TPSA) is 55.8 Å². The maximum atomic E-state index is 13.1. The van der Waals surface area contributed by atoms with Crippen LogP contribution in [-0.4, -0.2) is 17.9 Å². The van der Waals surface area contributed by atoms with Crippen molar-refractivity contribution in [2.24, 2.45) is 0 Å². The third-order valence-corrected chi connectivity index (χ3v) is 3.66. The molecule has 1 aliphatic carbocycles. The van der Waals surface area contributed by atoms with Crippen molar-refractivity contribution in [2.45, 2.75) is 31.4 Å². The summed E-state index contributed by atoms with van der Waals surface area (Å²) in [5.74, 6) is 0.270. The number of fused-ring (bicyclic) bond motifs is 1. The predicted octanol–water partition coefficient (Wildman–Crippen LogP) is 2.39. The Kier molecular flexibility index (Phi) is 2.43. The monoisotopic (exact) mass is 252 g/mol. The van der Waals surface area contributed by atoms with Crippen LogP contribution in [0.5, 0.6) is 11.5 Å². The molecule has 1 N–H and O–H groups in total. The van der Waals surface area contributed by atoms with Crippen molar-refractivity contribution >= 4 is 5.97 Å². The third kappa shape index (κ3) is 1.70. The van der Waals surface area contributed by atoms with Gasteiger partial charge in [0.15, 0.2) is 11.5 Å². The number of carboxylic acids is 1. The highest BCUT2D eigenvalue weighted by Gasteiger charge is 2.47. The van der Waals surface area contributed by atoms with Gasteiger partial charge < -0.3 is 14.6 Å². The van der Waals surface area contributed by atoms with Crippen molar-refractivity contribution in [3.63, 3.8) is 0 Å². The van der Waals surface area contributed by atoms with E-state index < -0.39 is 18.1 Å². The van der Waals surface area contributed by atoms with Crippen LogP contribution >= 0.6 is 0 Å². The molecule has 1 fully saturated rings. The number of rotatable bonds is 4. The number of carboxylic acid groups (broad SMARTS) is 1. The van der Waals surface area contributed by atoms with Crippen LogP contribution in [-0.2, 0) is 16.9 Å². The van der Waals surface area contributed by atoms with Crippen molar-refractivity contribution in [1.82, 2.24) is 0 Å². The Bertz CT molecular complexity index is 508. The van der Waals surface area contributed by atoms with Crippen LogP contribution in [0.4, 0.5) is 4.39 Å². The highest BCUT2D eigenvalue weighted by Crippen LogP contribution is 2.54. The van der Waals surface area contributed by atoms with Crippen LogP contribution < -0.4 is 9.47 Å². The molecule has 96 valence electrons. The zero-order valence-electron chi connectivity index (χ0n) is 9.74. The third-order valence-electron chi connectivity index (χ3n) is 3.66. The Morgan fingerprint density at radius 1 is 1.33 bits per heavy atom. The van der Waals surface area contributed by atoms with Crippen LogP contribution in [0.25, 0.3) is 0 Å². The number of carbonyl (C=O) groups is 1. The molecule has 0 unspecified atom stereocenters. The molecule has 0 amide bonds. The number of hydrogen-bond acceptors (Lipinski definition) is 3. The minimum absolute atomic E-state index is 0.0413. The minimum Gasteiger partial charge on any atom is -0.481 e. The summed E-state index contributed by atoms with van der Waals surface area (Å²) in [4.78, 5) is 10.9. The van der Waals surface area contributed by atoms with Crippen LogP contribution in [0.1, 0.15) is 30.4 Å². The summed E-state index contributed by atoms with van der Waals surface area (Å²) < 4.78 is 23.6. The van der Waals surface area contributed by atoms with Gasteiger partial charge >= 0.3 is 5.97 Å². The van der Waals surface area contributed by atoms with Crippen molar-refractivity contribution in [1.29, 1.82) is 0 Å². The van der Waals surface area contributed by atoms with E-state index >= 15 is 0 Å². The van der Waals surface area contributed by atoms with Crippen molar-refractivity contribution in [3.8, 4) is 11.5 Å². The molecule has 5 heteroatoms. The Labute approximate surface area is 103 Å². The van der Waals surface area contributed by atoms with Crippen molar-refractivity contribution in [2.75, 3.05) is 6.79 Å². The van der Waals surface area contributed by atoms with E-state index in [4.69, 9.17) is 14.6 Å². The Hall–Kier alpha value is -1.78. The summed E-state index contributed by atoms with van der Waals surface area (Å²) >= 11 is 0. The molecule has 0 bridgehead atoms. The zero-order valence-corrected chi connectivity index (χ0v) is 9.74. The van der Waals surface area contributed by atoms with Gasteiger partial charge in [0.25, 0.3) is 0 Å². The van der Waals surface area contributed by atoms with Gasteiger partial charge in [0, 0.05) is 5.41 Å². The van der Waals surface area contributed by atoms with E-state index in [1.165, 1.54) is 0 Å². The number of benzene rings is 1. The minimum atomic E-state index is -0.852. The SMILES string of the molecule is O=C(O)CC1(c2cc3c(cc2CF)OCO3)CC1. The number of halogens is 1. The molecule has 1 saturated carbocycles. The molecular formula is C13H13FO4. The molecule has 1 heterocycles. The largest absolute Gasteiger partial charge is 0.481 e. The van der Waals surface area contributed by atoms with Crippen LogP contribution in [0, 0.1) is 0 Å². The van der Waals surface area contributed by atoms with Gasteiger partial charge in [-0.15, -0.1) is 0 Å². The first-order chi connectivity index (χ1) is 8.64. The van der Waals surface area contributed by atoms with E-state index in [9.17, 15) is 9.18 Å². The first-order valence-corrected chi connectivity index (χ1v) is 5.85. The summed E-state index contributed by atoms with van der Waals surface area (Å²) in [5.41, 5.74) is 0.864. The van der Waals surface area contributed by atoms with Gasteiger partial charge in [0.05, 0.1) is 6.42 Å². The van der Waals surface area contributed by atoms with E-state index in [1.807, 2.05) is 0 Å². The number of ether oxygens (including phenoxy) is 2. The first kappa shape index (κ1) is 11.3. The second-order valence-corrected chi connectivity index (χ2v) is 4.85. The van der Waals surface area contributed by atoms with E-state index in [0.29, 0.717) is 17.1 Å². The fourth-order valence-corrected chi connectivity index (χ4v) is 2.57. The van der Waals surface area contributed by atoms with Crippen LogP contribution in [0.2, 0.25) is 0 Å². The molecule has 4 nitrogen and oxygen atoms in total. The molecule has 0 radical (unpaired) electrons. The normalized spacial score (nSPS) is 18.7. The van der Waals surface area contributed by atoms with E-state index in [0.717, 1.165) is 18.4 Å². The lowest BCUT2D eigenvalue weighted by molar-refractivity contribution is -0.137. The molecule has 2 aliphatic rings. The first-order valence-electron chi connectivity index (χ1n) is 5.85. The molecule has 1 aromatic carbocycles. The number of alkyl halides is 1. The molecule has 0 spiro atoms. The van der Waals surface area contributed by atoms with Gasteiger partial charge in [-0.3, -0.25) is 4.79 Å². The Balaban J connectivity index is 2.03. The Morgan fingerprint density at radius 2 is 2.00 bits per heavy atom. The second-order valence-electron chi connectivity index (χ2n) is 4.85. The second kappa shape index (κ2) is 3.86. The maximum Gasteiger partial charge on any atom is 0.304 e. The number of aliphatic carboxylic acids is 1.